The van der Waals surface area contributed by atoms with Crippen molar-refractivity contribution >= 4 is 38.0 Å². The van der Waals surface area contributed by atoms with Gasteiger partial charge in [-0.05, 0) is 90.8 Å². The monoisotopic (exact) mass is 659 g/mol. The van der Waals surface area contributed by atoms with Crippen molar-refractivity contribution in [3.63, 3.8) is 0 Å². The molecule has 0 saturated carbocycles. The Balaban J connectivity index is 1.25. The minimum Gasteiger partial charge on any atom is -0.274 e. The molecule has 1 spiro atoms. The standard InChI is InChI=1S/C50H29NO/c52-49-38-20-5-4-17-34(38)40-28-33(32-16-12-15-31(27-32)30-13-2-1-3-14-30)29-41-37-25-26-45-46(48(37)51(49)47(40)41)39-21-8-11-24-44(39)50(45)42-22-9-6-18-35(42)36-19-7-10-23-43(36)50/h1-29H. The first-order chi connectivity index (χ1) is 25.7. The number of pyridine rings is 1. The van der Waals surface area contributed by atoms with E-state index in [2.05, 4.69) is 158 Å². The molecule has 0 amide bonds. The van der Waals surface area contributed by atoms with Gasteiger partial charge in [0.05, 0.1) is 16.4 Å². The molecule has 0 radical (unpaired) electrons. The first kappa shape index (κ1) is 28.0. The summed E-state index contributed by atoms with van der Waals surface area (Å²) >= 11 is 0. The largest absolute Gasteiger partial charge is 0.274 e. The summed E-state index contributed by atoms with van der Waals surface area (Å²) in [6, 6.07) is 63.4. The molecule has 0 bridgehead atoms. The fraction of sp³-hybridized carbons (Fsp3) is 0.0200. The predicted octanol–water partition coefficient (Wildman–Crippen LogP) is 11.9. The summed E-state index contributed by atoms with van der Waals surface area (Å²) in [5.41, 5.74) is 16.2. The highest BCUT2D eigenvalue weighted by Crippen LogP contribution is 2.64. The zero-order valence-electron chi connectivity index (χ0n) is 28.1. The molecule has 2 aromatic heterocycles. The molecule has 240 valence electrons. The van der Waals surface area contributed by atoms with Gasteiger partial charge in [-0.15, -0.1) is 0 Å². The van der Waals surface area contributed by atoms with E-state index in [1.165, 1.54) is 50.1 Å². The number of nitrogens with zero attached hydrogens (tertiary/aromatic N) is 1. The maximum absolute atomic E-state index is 14.9. The lowest BCUT2D eigenvalue weighted by Crippen LogP contribution is -2.25. The molecule has 2 heteroatoms. The van der Waals surface area contributed by atoms with Crippen molar-refractivity contribution in [2.45, 2.75) is 5.41 Å². The molecule has 0 saturated heterocycles. The van der Waals surface area contributed by atoms with Crippen LogP contribution in [0.15, 0.2) is 181 Å². The van der Waals surface area contributed by atoms with E-state index in [4.69, 9.17) is 0 Å². The molecule has 8 aromatic carbocycles. The van der Waals surface area contributed by atoms with Crippen LogP contribution in [0.1, 0.15) is 22.3 Å². The van der Waals surface area contributed by atoms with Gasteiger partial charge in [-0.3, -0.25) is 9.20 Å². The van der Waals surface area contributed by atoms with Crippen molar-refractivity contribution in [3.8, 4) is 44.5 Å². The third-order valence-corrected chi connectivity index (χ3v) is 11.9. The highest BCUT2D eigenvalue weighted by Gasteiger charge is 2.52. The second-order valence-corrected chi connectivity index (χ2v) is 14.3. The van der Waals surface area contributed by atoms with Gasteiger partial charge in [0.25, 0.3) is 5.56 Å². The average molecular weight is 660 g/mol. The number of hydrogen-bond donors (Lipinski definition) is 0. The SMILES string of the molecule is O=c1c2ccccc2c2cc(-c3cccc(-c4ccccc4)c3)cc3c4ccc5c(c4n1c23)-c1ccccc1C51c2ccccc2-c2ccccc21. The summed E-state index contributed by atoms with van der Waals surface area (Å²) in [6.45, 7) is 0. The van der Waals surface area contributed by atoms with Gasteiger partial charge in [0.2, 0.25) is 0 Å². The maximum atomic E-state index is 14.9. The molecule has 0 aliphatic heterocycles. The van der Waals surface area contributed by atoms with Gasteiger partial charge < -0.3 is 0 Å². The second-order valence-electron chi connectivity index (χ2n) is 14.3. The van der Waals surface area contributed by atoms with Gasteiger partial charge in [-0.2, -0.15) is 0 Å². The molecule has 2 nitrogen and oxygen atoms in total. The fourth-order valence-electron chi connectivity index (χ4n) is 9.92. The minimum absolute atomic E-state index is 0.0287. The molecule has 10 aromatic rings. The van der Waals surface area contributed by atoms with Crippen molar-refractivity contribution in [1.29, 1.82) is 0 Å². The Morgan fingerprint density at radius 2 is 0.885 bits per heavy atom. The minimum atomic E-state index is -0.481. The fourth-order valence-corrected chi connectivity index (χ4v) is 9.92. The van der Waals surface area contributed by atoms with E-state index in [1.54, 1.807) is 0 Å². The topological polar surface area (TPSA) is 21.5 Å². The Labute approximate surface area is 299 Å². The molecule has 0 N–H and O–H groups in total. The van der Waals surface area contributed by atoms with E-state index in [-0.39, 0.29) is 5.56 Å². The van der Waals surface area contributed by atoms with Gasteiger partial charge in [0.15, 0.2) is 0 Å². The van der Waals surface area contributed by atoms with E-state index in [0.29, 0.717) is 0 Å². The van der Waals surface area contributed by atoms with Crippen LogP contribution in [0.4, 0.5) is 0 Å². The third-order valence-electron chi connectivity index (χ3n) is 11.9. The summed E-state index contributed by atoms with van der Waals surface area (Å²) in [4.78, 5) is 14.9. The molecular formula is C50H29NO. The number of benzene rings is 8. The van der Waals surface area contributed by atoms with Crippen molar-refractivity contribution in [2.75, 3.05) is 0 Å². The summed E-state index contributed by atoms with van der Waals surface area (Å²) < 4.78 is 2.05. The molecular weight excluding hydrogens is 631 g/mol. The van der Waals surface area contributed by atoms with E-state index >= 15 is 0 Å². The van der Waals surface area contributed by atoms with Crippen LogP contribution in [-0.4, -0.2) is 4.40 Å². The van der Waals surface area contributed by atoms with Crippen LogP contribution < -0.4 is 5.56 Å². The Bertz CT molecular complexity index is 3160. The second kappa shape index (κ2) is 9.93. The summed E-state index contributed by atoms with van der Waals surface area (Å²) in [5.74, 6) is 0. The zero-order valence-corrected chi connectivity index (χ0v) is 28.1. The molecule has 2 aliphatic rings. The van der Waals surface area contributed by atoms with Gasteiger partial charge in [0.1, 0.15) is 0 Å². The lowest BCUT2D eigenvalue weighted by atomic mass is 9.70. The summed E-state index contributed by atoms with van der Waals surface area (Å²) in [7, 11) is 0. The first-order valence-corrected chi connectivity index (χ1v) is 18.0. The summed E-state index contributed by atoms with van der Waals surface area (Å²) in [5, 5.41) is 5.02. The van der Waals surface area contributed by atoms with Gasteiger partial charge in [0, 0.05) is 27.1 Å². The molecule has 52 heavy (non-hydrogen) atoms. The van der Waals surface area contributed by atoms with Crippen LogP contribution in [0, 0.1) is 0 Å². The van der Waals surface area contributed by atoms with Gasteiger partial charge >= 0.3 is 0 Å². The lowest BCUT2D eigenvalue weighted by molar-refractivity contribution is 0.794. The molecule has 2 aliphatic carbocycles. The van der Waals surface area contributed by atoms with Crippen molar-refractivity contribution in [2.24, 2.45) is 0 Å². The third kappa shape index (κ3) is 3.33. The van der Waals surface area contributed by atoms with Crippen molar-refractivity contribution in [1.82, 2.24) is 4.40 Å². The zero-order chi connectivity index (χ0) is 34.1. The lowest BCUT2D eigenvalue weighted by Gasteiger charge is -2.30. The van der Waals surface area contributed by atoms with E-state index in [9.17, 15) is 4.79 Å². The van der Waals surface area contributed by atoms with Crippen molar-refractivity contribution < 1.29 is 0 Å². The molecule has 0 atom stereocenters. The highest BCUT2D eigenvalue weighted by atomic mass is 16.1. The highest BCUT2D eigenvalue weighted by molar-refractivity contribution is 6.24. The molecule has 2 heterocycles. The first-order valence-electron chi connectivity index (χ1n) is 18.0. The maximum Gasteiger partial charge on any atom is 0.263 e. The number of hydrogen-bond acceptors (Lipinski definition) is 1. The average Bonchev–Trinajstić information content (AvgIpc) is 3.82. The van der Waals surface area contributed by atoms with Crippen LogP contribution in [0.5, 0.6) is 0 Å². The molecule has 0 unspecified atom stereocenters. The van der Waals surface area contributed by atoms with E-state index in [0.717, 1.165) is 54.7 Å². The van der Waals surface area contributed by atoms with E-state index < -0.39 is 5.41 Å². The predicted molar refractivity (Wildman–Crippen MR) is 215 cm³/mol. The van der Waals surface area contributed by atoms with Crippen molar-refractivity contribution in [3.05, 3.63) is 209 Å². The van der Waals surface area contributed by atoms with Crippen LogP contribution in [0.25, 0.3) is 82.5 Å². The van der Waals surface area contributed by atoms with Gasteiger partial charge in [-0.25, -0.2) is 0 Å². The number of aromatic nitrogens is 1. The van der Waals surface area contributed by atoms with Crippen LogP contribution >= 0.6 is 0 Å². The normalized spacial score (nSPS) is 13.6. The van der Waals surface area contributed by atoms with Gasteiger partial charge in [-0.1, -0.05) is 152 Å². The summed E-state index contributed by atoms with van der Waals surface area (Å²) in [6.07, 6.45) is 0. The van der Waals surface area contributed by atoms with Crippen LogP contribution in [0.3, 0.4) is 0 Å². The Hall–Kier alpha value is -6.77. The Morgan fingerprint density at radius 3 is 1.60 bits per heavy atom. The molecule has 0 fully saturated rings. The molecule has 12 rings (SSSR count). The Morgan fingerprint density at radius 1 is 0.346 bits per heavy atom. The smallest absolute Gasteiger partial charge is 0.263 e. The van der Waals surface area contributed by atoms with E-state index in [1.807, 2.05) is 22.6 Å². The quantitative estimate of drug-likeness (QED) is 0.169. The Kier molecular flexibility index (Phi) is 5.34. The number of fused-ring (bicyclic) bond motifs is 16. The van der Waals surface area contributed by atoms with Crippen LogP contribution in [-0.2, 0) is 5.41 Å². The number of rotatable bonds is 2. The van der Waals surface area contributed by atoms with Crippen LogP contribution in [0.2, 0.25) is 0 Å².